The molecule has 0 aromatic heterocycles. The zero-order valence-corrected chi connectivity index (χ0v) is 24.3. The highest BCUT2D eigenvalue weighted by molar-refractivity contribution is 5.98. The van der Waals surface area contributed by atoms with E-state index in [0.29, 0.717) is 52.5 Å². The molecule has 3 rings (SSSR count). The van der Waals surface area contributed by atoms with Crippen molar-refractivity contribution in [3.05, 3.63) is 60.2 Å². The second-order valence-corrected chi connectivity index (χ2v) is 10.5. The zero-order valence-electron chi connectivity index (χ0n) is 24.3. The molecule has 0 aliphatic heterocycles. The van der Waals surface area contributed by atoms with E-state index >= 15 is 0 Å². The van der Waals surface area contributed by atoms with Gasteiger partial charge in [-0.05, 0) is 42.7 Å². The Balaban J connectivity index is 1.72. The third-order valence-electron chi connectivity index (χ3n) is 7.25. The molecular weight excluding hydrogens is 500 g/mol. The summed E-state index contributed by atoms with van der Waals surface area (Å²) >= 11 is 0. The molecule has 40 heavy (non-hydrogen) atoms. The van der Waals surface area contributed by atoms with E-state index in [9.17, 15) is 15.0 Å². The lowest BCUT2D eigenvalue weighted by molar-refractivity contribution is 0.112. The van der Waals surface area contributed by atoms with E-state index in [0.717, 1.165) is 32.0 Å². The molecule has 0 bridgehead atoms. The number of benzene rings is 3. The number of unbranched alkanes of at least 4 members (excludes halogenated alkanes) is 10. The van der Waals surface area contributed by atoms with Crippen LogP contribution in [-0.4, -0.2) is 29.7 Å². The van der Waals surface area contributed by atoms with Gasteiger partial charge >= 0.3 is 0 Å². The summed E-state index contributed by atoms with van der Waals surface area (Å²) in [6.07, 6.45) is 15.0. The third kappa shape index (κ3) is 9.32. The quantitative estimate of drug-likeness (QED) is 0.116. The van der Waals surface area contributed by atoms with Gasteiger partial charge in [-0.25, -0.2) is 0 Å². The van der Waals surface area contributed by atoms with Crippen molar-refractivity contribution in [3.8, 4) is 45.3 Å². The van der Waals surface area contributed by atoms with Crippen LogP contribution in [0.3, 0.4) is 0 Å². The number of aromatic hydroxyl groups is 2. The number of rotatable bonds is 19. The van der Waals surface area contributed by atoms with Crippen LogP contribution >= 0.6 is 0 Å². The molecule has 0 fully saturated rings. The molecule has 0 spiro atoms. The van der Waals surface area contributed by atoms with Crippen LogP contribution in [0, 0.1) is 0 Å². The predicted octanol–water partition coefficient (Wildman–Crippen LogP) is 9.72. The Morgan fingerprint density at radius 1 is 0.600 bits per heavy atom. The van der Waals surface area contributed by atoms with Crippen molar-refractivity contribution in [2.75, 3.05) is 13.2 Å². The number of phenolic OH excluding ortho intramolecular Hbond substituents is 2. The highest BCUT2D eigenvalue weighted by Crippen LogP contribution is 2.43. The molecule has 0 saturated carbocycles. The average Bonchev–Trinajstić information content (AvgIpc) is 2.96. The van der Waals surface area contributed by atoms with Crippen LogP contribution < -0.4 is 9.47 Å². The average molecular weight is 547 g/mol. The smallest absolute Gasteiger partial charge is 0.150 e. The van der Waals surface area contributed by atoms with Crippen LogP contribution in [0.5, 0.6) is 23.0 Å². The number of hydrogen-bond donors (Lipinski definition) is 2. The Hall–Kier alpha value is -3.47. The van der Waals surface area contributed by atoms with Gasteiger partial charge in [-0.1, -0.05) is 96.3 Å². The second kappa shape index (κ2) is 17.3. The highest BCUT2D eigenvalue weighted by atomic mass is 16.5. The van der Waals surface area contributed by atoms with Crippen molar-refractivity contribution in [2.45, 2.75) is 90.9 Å². The van der Waals surface area contributed by atoms with Crippen LogP contribution in [-0.2, 0) is 0 Å². The van der Waals surface area contributed by atoms with Crippen molar-refractivity contribution in [1.82, 2.24) is 0 Å². The number of carbonyl (C=O) groups is 1. The fourth-order valence-corrected chi connectivity index (χ4v) is 4.98. The minimum Gasteiger partial charge on any atom is -0.507 e. The Bertz CT molecular complexity index is 1190. The maximum absolute atomic E-state index is 12.0. The fraction of sp³-hybridized carbons (Fsp3) is 0.457. The molecule has 2 N–H and O–H groups in total. The number of aldehydes is 1. The summed E-state index contributed by atoms with van der Waals surface area (Å²) in [5, 5.41) is 21.9. The lowest BCUT2D eigenvalue weighted by atomic mass is 9.90. The molecule has 0 heterocycles. The fourth-order valence-electron chi connectivity index (χ4n) is 4.98. The normalized spacial score (nSPS) is 10.9. The summed E-state index contributed by atoms with van der Waals surface area (Å²) in [5.41, 5.74) is 2.71. The molecular formula is C35H46O5. The Labute approximate surface area is 240 Å². The number of phenols is 2. The van der Waals surface area contributed by atoms with Gasteiger partial charge in [0.2, 0.25) is 0 Å². The molecule has 0 aliphatic rings. The van der Waals surface area contributed by atoms with Crippen molar-refractivity contribution in [2.24, 2.45) is 0 Å². The molecule has 3 aromatic rings. The van der Waals surface area contributed by atoms with E-state index in [1.807, 2.05) is 18.2 Å². The summed E-state index contributed by atoms with van der Waals surface area (Å²) < 4.78 is 11.7. The van der Waals surface area contributed by atoms with Gasteiger partial charge in [0.05, 0.1) is 13.2 Å². The zero-order chi connectivity index (χ0) is 28.6. The largest absolute Gasteiger partial charge is 0.507 e. The molecule has 0 amide bonds. The van der Waals surface area contributed by atoms with Gasteiger partial charge in [-0.2, -0.15) is 0 Å². The van der Waals surface area contributed by atoms with Crippen LogP contribution in [0.2, 0.25) is 0 Å². The molecule has 3 aromatic carbocycles. The summed E-state index contributed by atoms with van der Waals surface area (Å²) in [6.45, 7) is 5.63. The predicted molar refractivity (Wildman–Crippen MR) is 164 cm³/mol. The minimum absolute atomic E-state index is 0.0226. The molecule has 0 saturated heterocycles. The van der Waals surface area contributed by atoms with E-state index in [-0.39, 0.29) is 11.5 Å². The summed E-state index contributed by atoms with van der Waals surface area (Å²) in [6, 6.07) is 15.8. The van der Waals surface area contributed by atoms with Crippen molar-refractivity contribution < 1.29 is 24.5 Å². The number of carbonyl (C=O) groups excluding carboxylic acids is 1. The van der Waals surface area contributed by atoms with E-state index < -0.39 is 0 Å². The SMILES string of the molecule is CCCCCCCCOc1ccc(-c2cccc(C=O)c2-c2ccc(OCCCCCCCC)cc2O)c(O)c1. The van der Waals surface area contributed by atoms with Crippen LogP contribution in [0.4, 0.5) is 0 Å². The van der Waals surface area contributed by atoms with Gasteiger partial charge in [0.15, 0.2) is 6.29 Å². The van der Waals surface area contributed by atoms with Crippen LogP contribution in [0.1, 0.15) is 101 Å². The first kappa shape index (κ1) is 31.1. The molecule has 0 radical (unpaired) electrons. The van der Waals surface area contributed by atoms with Gasteiger partial charge in [0, 0.05) is 34.4 Å². The van der Waals surface area contributed by atoms with Crippen molar-refractivity contribution in [1.29, 1.82) is 0 Å². The van der Waals surface area contributed by atoms with E-state index in [2.05, 4.69) is 13.8 Å². The molecule has 0 atom stereocenters. The number of hydrogen-bond acceptors (Lipinski definition) is 5. The minimum atomic E-state index is 0.0226. The lowest BCUT2D eigenvalue weighted by Gasteiger charge is -2.16. The molecule has 0 unspecified atom stereocenters. The molecule has 216 valence electrons. The third-order valence-corrected chi connectivity index (χ3v) is 7.25. The Kier molecular flexibility index (Phi) is 13.4. The van der Waals surface area contributed by atoms with Crippen LogP contribution in [0.15, 0.2) is 54.6 Å². The Morgan fingerprint density at radius 2 is 1.10 bits per heavy atom. The van der Waals surface area contributed by atoms with Gasteiger partial charge < -0.3 is 19.7 Å². The molecule has 0 aliphatic carbocycles. The summed E-state index contributed by atoms with van der Waals surface area (Å²) in [7, 11) is 0. The standard InChI is InChI=1S/C35H46O5/c1-3-5-7-9-11-13-22-39-28-18-20-30(33(37)24-28)31-17-15-16-27(26-36)35(31)32-21-19-29(25-34(32)38)40-23-14-12-10-8-6-4-2/h15-21,24-26,37-38H,3-14,22-23H2,1-2H3. The lowest BCUT2D eigenvalue weighted by Crippen LogP contribution is -1.98. The summed E-state index contributed by atoms with van der Waals surface area (Å²) in [4.78, 5) is 12.0. The van der Waals surface area contributed by atoms with Crippen LogP contribution in [0.25, 0.3) is 22.3 Å². The Morgan fingerprint density at radius 3 is 1.60 bits per heavy atom. The monoisotopic (exact) mass is 546 g/mol. The topological polar surface area (TPSA) is 76.0 Å². The highest BCUT2D eigenvalue weighted by Gasteiger charge is 2.18. The van der Waals surface area contributed by atoms with Gasteiger partial charge in [0.25, 0.3) is 0 Å². The second-order valence-electron chi connectivity index (χ2n) is 10.5. The molecule has 5 heteroatoms. The summed E-state index contributed by atoms with van der Waals surface area (Å²) in [5.74, 6) is 1.28. The van der Waals surface area contributed by atoms with Gasteiger partial charge in [-0.15, -0.1) is 0 Å². The van der Waals surface area contributed by atoms with Gasteiger partial charge in [-0.3, -0.25) is 4.79 Å². The maximum atomic E-state index is 12.0. The molecule has 5 nitrogen and oxygen atoms in total. The first-order valence-electron chi connectivity index (χ1n) is 15.1. The van der Waals surface area contributed by atoms with E-state index in [1.54, 1.807) is 36.4 Å². The first-order chi connectivity index (χ1) is 19.6. The first-order valence-corrected chi connectivity index (χ1v) is 15.1. The van der Waals surface area contributed by atoms with Crippen molar-refractivity contribution in [3.63, 3.8) is 0 Å². The number of ether oxygens (including phenoxy) is 2. The van der Waals surface area contributed by atoms with E-state index in [1.165, 1.54) is 51.4 Å². The van der Waals surface area contributed by atoms with Crippen molar-refractivity contribution >= 4 is 6.29 Å². The maximum Gasteiger partial charge on any atom is 0.150 e. The van der Waals surface area contributed by atoms with E-state index in [4.69, 9.17) is 9.47 Å². The van der Waals surface area contributed by atoms with Gasteiger partial charge in [0.1, 0.15) is 23.0 Å².